The maximum absolute atomic E-state index is 13.6. The Balaban J connectivity index is 2.03. The molecular weight excluding hydrogens is 456 g/mol. The molecule has 0 unspecified atom stereocenters. The Morgan fingerprint density at radius 1 is 1.33 bits per heavy atom. The number of benzene rings is 1. The van der Waals surface area contributed by atoms with Crippen LogP contribution in [-0.4, -0.2) is 16.5 Å². The van der Waals surface area contributed by atoms with Crippen LogP contribution in [0.5, 0.6) is 0 Å². The van der Waals surface area contributed by atoms with Crippen molar-refractivity contribution in [3.63, 3.8) is 0 Å². The number of carbonyl (C=O) groups is 1. The second-order valence-electron chi connectivity index (χ2n) is 8.81. The molecule has 2 aromatic rings. The molecule has 4 rings (SSSR count). The minimum atomic E-state index is -0.568. The van der Waals surface area contributed by atoms with Gasteiger partial charge in [-0.25, -0.2) is 0 Å². The number of nitro groups is 1. The van der Waals surface area contributed by atoms with Crippen LogP contribution in [0.3, 0.4) is 0 Å². The van der Waals surface area contributed by atoms with E-state index in [-0.39, 0.29) is 34.0 Å². The zero-order valence-electron chi connectivity index (χ0n) is 18.6. The number of rotatable bonds is 5. The minimum Gasteiger partial charge on any atom is -0.384 e. The van der Waals surface area contributed by atoms with Gasteiger partial charge in [0.2, 0.25) is 0 Å². The Morgan fingerprint density at radius 2 is 2.06 bits per heavy atom. The first-order chi connectivity index (χ1) is 15.7. The third-order valence-electron chi connectivity index (χ3n) is 5.92. The Kier molecular flexibility index (Phi) is 6.08. The van der Waals surface area contributed by atoms with E-state index in [4.69, 9.17) is 5.73 Å². The van der Waals surface area contributed by atoms with E-state index in [9.17, 15) is 20.2 Å². The van der Waals surface area contributed by atoms with Crippen LogP contribution in [0.15, 0.2) is 63.3 Å². The Labute approximate surface area is 200 Å². The van der Waals surface area contributed by atoms with Crippen molar-refractivity contribution in [2.75, 3.05) is 10.7 Å². The first-order valence-corrected chi connectivity index (χ1v) is 12.5. The Hall–Kier alpha value is -3.09. The average Bonchev–Trinajstić information content (AvgIpc) is 3.20. The molecule has 0 amide bonds. The number of anilines is 1. The summed E-state index contributed by atoms with van der Waals surface area (Å²) in [6.45, 7) is 6.06. The number of ketones is 1. The lowest BCUT2D eigenvalue weighted by molar-refractivity contribution is -0.384. The van der Waals surface area contributed by atoms with Crippen molar-refractivity contribution in [1.29, 1.82) is 5.26 Å². The van der Waals surface area contributed by atoms with Gasteiger partial charge in [0, 0.05) is 33.5 Å². The van der Waals surface area contributed by atoms with Gasteiger partial charge in [0.1, 0.15) is 11.5 Å². The third kappa shape index (κ3) is 3.94. The summed E-state index contributed by atoms with van der Waals surface area (Å²) in [4.78, 5) is 28.5. The van der Waals surface area contributed by atoms with Crippen molar-refractivity contribution in [2.24, 2.45) is 11.1 Å². The molecule has 1 aliphatic heterocycles. The molecule has 1 atom stereocenters. The smallest absolute Gasteiger partial charge is 0.293 e. The molecular formula is C24H24N4O3S2. The predicted octanol–water partition coefficient (Wildman–Crippen LogP) is 5.71. The second kappa shape index (κ2) is 8.69. The van der Waals surface area contributed by atoms with Crippen LogP contribution in [0.2, 0.25) is 0 Å². The quantitative estimate of drug-likeness (QED) is 0.331. The van der Waals surface area contributed by atoms with Crippen LogP contribution in [0.25, 0.3) is 0 Å². The van der Waals surface area contributed by atoms with Gasteiger partial charge in [-0.3, -0.25) is 19.8 Å². The third-order valence-corrected chi connectivity index (χ3v) is 7.99. The number of thiophene rings is 1. The number of nitriles is 1. The van der Waals surface area contributed by atoms with Crippen molar-refractivity contribution in [2.45, 2.75) is 44.4 Å². The SMILES string of the molecule is CCSc1ccsc1[C@@H]1C(C#N)=C(N)N(c2ccccc2[N+](=O)[O-])C2=C1C(=O)CC(C)(C)C2. The summed E-state index contributed by atoms with van der Waals surface area (Å²) in [5, 5.41) is 24.0. The molecule has 33 heavy (non-hydrogen) atoms. The molecule has 0 saturated carbocycles. The van der Waals surface area contributed by atoms with E-state index in [1.807, 2.05) is 25.3 Å². The van der Waals surface area contributed by atoms with E-state index in [1.54, 1.807) is 34.9 Å². The maximum Gasteiger partial charge on any atom is 0.293 e. The molecule has 2 N–H and O–H groups in total. The maximum atomic E-state index is 13.6. The predicted molar refractivity (Wildman–Crippen MR) is 131 cm³/mol. The number of hydrogen-bond donors (Lipinski definition) is 1. The molecule has 1 aromatic heterocycles. The summed E-state index contributed by atoms with van der Waals surface area (Å²) >= 11 is 3.17. The van der Waals surface area contributed by atoms with Gasteiger partial charge in [-0.05, 0) is 35.1 Å². The van der Waals surface area contributed by atoms with E-state index >= 15 is 0 Å². The zero-order chi connectivity index (χ0) is 23.9. The molecule has 0 spiro atoms. The minimum absolute atomic E-state index is 0.0454. The summed E-state index contributed by atoms with van der Waals surface area (Å²) < 4.78 is 0. The van der Waals surface area contributed by atoms with Gasteiger partial charge in [0.15, 0.2) is 5.78 Å². The fourth-order valence-electron chi connectivity index (χ4n) is 4.65. The molecule has 170 valence electrons. The highest BCUT2D eigenvalue weighted by Crippen LogP contribution is 2.53. The fourth-order valence-corrected chi connectivity index (χ4v) is 6.70. The standard InChI is InChI=1S/C24H24N4O3S2/c1-4-32-19-9-10-33-22(19)20-14(13-25)23(26)27(15-7-5-6-8-16(15)28(30)31)17-11-24(2,3)12-18(29)21(17)20/h5-10,20H,4,11-12,26H2,1-3H3/t20-/m1/s1. The molecule has 7 nitrogen and oxygen atoms in total. The number of nitro benzene ring substituents is 1. The van der Waals surface area contributed by atoms with Gasteiger partial charge < -0.3 is 5.73 Å². The first kappa shape index (κ1) is 23.1. The van der Waals surface area contributed by atoms with Gasteiger partial charge in [-0.15, -0.1) is 23.1 Å². The van der Waals surface area contributed by atoms with Crippen LogP contribution in [0.1, 0.15) is 44.4 Å². The molecule has 2 aliphatic rings. The van der Waals surface area contributed by atoms with Gasteiger partial charge in [-0.2, -0.15) is 5.26 Å². The molecule has 0 bridgehead atoms. The highest BCUT2D eigenvalue weighted by atomic mass is 32.2. The Morgan fingerprint density at radius 3 is 2.73 bits per heavy atom. The first-order valence-electron chi connectivity index (χ1n) is 10.6. The lowest BCUT2D eigenvalue weighted by Gasteiger charge is -2.43. The number of Topliss-reactive ketones (excluding diaryl/α,β-unsaturated/α-hetero) is 1. The van der Waals surface area contributed by atoms with Gasteiger partial charge in [0.25, 0.3) is 5.69 Å². The monoisotopic (exact) mass is 480 g/mol. The van der Waals surface area contributed by atoms with E-state index in [1.165, 1.54) is 17.4 Å². The summed E-state index contributed by atoms with van der Waals surface area (Å²) in [5.41, 5.74) is 7.82. The molecule has 9 heteroatoms. The number of nitrogens with zero attached hydrogens (tertiary/aromatic N) is 3. The lowest BCUT2D eigenvalue weighted by Crippen LogP contribution is -2.42. The molecule has 0 fully saturated rings. The molecule has 1 aliphatic carbocycles. The highest BCUT2D eigenvalue weighted by molar-refractivity contribution is 7.99. The number of nitrogens with two attached hydrogens (primary N) is 1. The molecule has 2 heterocycles. The van der Waals surface area contributed by atoms with E-state index < -0.39 is 10.8 Å². The molecule has 1 aromatic carbocycles. The van der Waals surface area contributed by atoms with E-state index in [0.717, 1.165) is 15.5 Å². The van der Waals surface area contributed by atoms with Gasteiger partial charge in [-0.1, -0.05) is 32.9 Å². The second-order valence-corrected chi connectivity index (χ2v) is 11.1. The van der Waals surface area contributed by atoms with Crippen molar-refractivity contribution in [3.8, 4) is 6.07 Å². The van der Waals surface area contributed by atoms with Crippen LogP contribution < -0.4 is 10.6 Å². The van der Waals surface area contributed by atoms with Gasteiger partial charge in [0.05, 0.1) is 22.5 Å². The lowest BCUT2D eigenvalue weighted by atomic mass is 9.69. The average molecular weight is 481 g/mol. The van der Waals surface area contributed by atoms with Crippen molar-refractivity contribution >= 4 is 40.3 Å². The van der Waals surface area contributed by atoms with Crippen LogP contribution >= 0.6 is 23.1 Å². The topological polar surface area (TPSA) is 113 Å². The number of carbonyl (C=O) groups excluding carboxylic acids is 1. The Bertz CT molecular complexity index is 1250. The normalized spacial score (nSPS) is 20.0. The summed E-state index contributed by atoms with van der Waals surface area (Å²) in [6, 6.07) is 10.5. The van der Waals surface area contributed by atoms with Crippen LogP contribution in [0, 0.1) is 26.9 Å². The van der Waals surface area contributed by atoms with Crippen molar-refractivity contribution in [3.05, 3.63) is 73.4 Å². The fraction of sp³-hybridized carbons (Fsp3) is 0.333. The summed E-state index contributed by atoms with van der Waals surface area (Å²) in [7, 11) is 0. The summed E-state index contributed by atoms with van der Waals surface area (Å²) in [6.07, 6.45) is 0.852. The number of para-hydroxylation sites is 2. The number of thioether (sulfide) groups is 1. The van der Waals surface area contributed by atoms with Crippen LogP contribution in [0.4, 0.5) is 11.4 Å². The van der Waals surface area contributed by atoms with Crippen LogP contribution in [-0.2, 0) is 4.79 Å². The van der Waals surface area contributed by atoms with Gasteiger partial charge >= 0.3 is 0 Å². The molecule has 0 radical (unpaired) electrons. The molecule has 0 saturated heterocycles. The largest absolute Gasteiger partial charge is 0.384 e. The van der Waals surface area contributed by atoms with Crippen molar-refractivity contribution in [1.82, 2.24) is 0 Å². The van der Waals surface area contributed by atoms with Crippen molar-refractivity contribution < 1.29 is 9.72 Å². The number of hydrogen-bond acceptors (Lipinski definition) is 8. The summed E-state index contributed by atoms with van der Waals surface area (Å²) in [5.74, 6) is 0.381. The van der Waals surface area contributed by atoms with E-state index in [2.05, 4.69) is 13.0 Å². The highest BCUT2D eigenvalue weighted by Gasteiger charge is 2.46. The zero-order valence-corrected chi connectivity index (χ0v) is 20.3. The number of allylic oxidation sites excluding steroid dienone is 3. The van der Waals surface area contributed by atoms with E-state index in [0.29, 0.717) is 24.1 Å².